The van der Waals surface area contributed by atoms with E-state index in [0.29, 0.717) is 11.4 Å². The summed E-state index contributed by atoms with van der Waals surface area (Å²) in [4.78, 5) is 4.95. The third kappa shape index (κ3) is 3.88. The van der Waals surface area contributed by atoms with Gasteiger partial charge in [-0.15, -0.1) is 0 Å². The van der Waals surface area contributed by atoms with Gasteiger partial charge in [-0.1, -0.05) is 41.9 Å². The van der Waals surface area contributed by atoms with Crippen molar-refractivity contribution in [1.82, 2.24) is 5.32 Å². The average molecular weight is 393 g/mol. The molecule has 5 heteroatoms. The Labute approximate surface area is 169 Å². The highest BCUT2D eigenvalue weighted by molar-refractivity contribution is 6.30. The number of nitrogens with zero attached hydrogens (tertiary/aromatic N) is 1. The number of ether oxygens (including phenoxy) is 1. The Bertz CT molecular complexity index is 984. The number of rotatable bonds is 4. The van der Waals surface area contributed by atoms with Crippen LogP contribution in [0, 0.1) is 0 Å². The zero-order valence-corrected chi connectivity index (χ0v) is 16.2. The van der Waals surface area contributed by atoms with E-state index < -0.39 is 0 Å². The SMILES string of the molecule is COc1ccc(C2=N[C@@H](c3ccc(Cl)cc3)N[C@@H](c3ccccc3O)C2)cc1. The molecule has 0 spiro atoms. The lowest BCUT2D eigenvalue weighted by molar-refractivity contribution is 0.412. The minimum Gasteiger partial charge on any atom is -0.508 e. The monoisotopic (exact) mass is 392 g/mol. The molecule has 4 rings (SSSR count). The van der Waals surface area contributed by atoms with Crippen LogP contribution in [0.5, 0.6) is 11.5 Å². The van der Waals surface area contributed by atoms with Crippen molar-refractivity contribution >= 4 is 17.3 Å². The van der Waals surface area contributed by atoms with Crippen LogP contribution in [-0.2, 0) is 0 Å². The summed E-state index contributed by atoms with van der Waals surface area (Å²) in [6, 6.07) is 23.0. The van der Waals surface area contributed by atoms with Crippen LogP contribution in [0.1, 0.15) is 35.3 Å². The largest absolute Gasteiger partial charge is 0.508 e. The molecule has 3 aromatic carbocycles. The molecule has 3 aromatic rings. The smallest absolute Gasteiger partial charge is 0.126 e. The van der Waals surface area contributed by atoms with Gasteiger partial charge in [0.15, 0.2) is 0 Å². The quantitative estimate of drug-likeness (QED) is 0.635. The van der Waals surface area contributed by atoms with E-state index >= 15 is 0 Å². The van der Waals surface area contributed by atoms with Crippen molar-refractivity contribution in [2.24, 2.45) is 4.99 Å². The molecular formula is C23H21ClN2O2. The van der Waals surface area contributed by atoms with Gasteiger partial charge in [0.1, 0.15) is 17.7 Å². The van der Waals surface area contributed by atoms with Crippen molar-refractivity contribution in [3.63, 3.8) is 0 Å². The van der Waals surface area contributed by atoms with Crippen LogP contribution in [-0.4, -0.2) is 17.9 Å². The lowest BCUT2D eigenvalue weighted by Gasteiger charge is -2.31. The molecule has 4 nitrogen and oxygen atoms in total. The summed E-state index contributed by atoms with van der Waals surface area (Å²) in [5.41, 5.74) is 3.91. The minimum absolute atomic E-state index is 0.0588. The van der Waals surface area contributed by atoms with E-state index in [0.717, 1.165) is 28.2 Å². The van der Waals surface area contributed by atoms with Crippen LogP contribution < -0.4 is 10.1 Å². The number of halogens is 1. The fourth-order valence-electron chi connectivity index (χ4n) is 3.46. The van der Waals surface area contributed by atoms with Crippen LogP contribution in [0.3, 0.4) is 0 Å². The van der Waals surface area contributed by atoms with Gasteiger partial charge in [0.05, 0.1) is 7.11 Å². The minimum atomic E-state index is -0.229. The first-order chi connectivity index (χ1) is 13.6. The first kappa shape index (κ1) is 18.5. The molecule has 0 amide bonds. The van der Waals surface area contributed by atoms with Gasteiger partial charge in [-0.3, -0.25) is 10.3 Å². The molecule has 0 radical (unpaired) electrons. The second-order valence-corrected chi connectivity index (χ2v) is 7.18. The Hall–Kier alpha value is -2.82. The Morgan fingerprint density at radius 3 is 2.39 bits per heavy atom. The maximum atomic E-state index is 10.4. The number of nitrogens with one attached hydrogen (secondary N) is 1. The zero-order chi connectivity index (χ0) is 19.5. The molecular weight excluding hydrogens is 372 g/mol. The summed E-state index contributed by atoms with van der Waals surface area (Å²) in [5, 5.41) is 14.6. The number of aromatic hydroxyl groups is 1. The molecule has 2 N–H and O–H groups in total. The number of aliphatic imine (C=N–C) groups is 1. The molecule has 0 fully saturated rings. The normalized spacial score (nSPS) is 19.1. The molecule has 0 aromatic heterocycles. The molecule has 0 saturated carbocycles. The Balaban J connectivity index is 1.73. The van der Waals surface area contributed by atoms with Gasteiger partial charge in [-0.25, -0.2) is 0 Å². The molecule has 1 aliphatic heterocycles. The molecule has 1 heterocycles. The van der Waals surface area contributed by atoms with Crippen LogP contribution in [0.4, 0.5) is 0 Å². The van der Waals surface area contributed by atoms with Gasteiger partial charge in [0, 0.05) is 28.8 Å². The lowest BCUT2D eigenvalue weighted by atomic mass is 9.93. The lowest BCUT2D eigenvalue weighted by Crippen LogP contribution is -2.33. The first-order valence-electron chi connectivity index (χ1n) is 9.14. The van der Waals surface area contributed by atoms with Gasteiger partial charge >= 0.3 is 0 Å². The highest BCUT2D eigenvalue weighted by atomic mass is 35.5. The second-order valence-electron chi connectivity index (χ2n) is 6.74. The third-order valence-corrected chi connectivity index (χ3v) is 5.21. The topological polar surface area (TPSA) is 53.8 Å². The van der Waals surface area contributed by atoms with Crippen LogP contribution >= 0.6 is 11.6 Å². The molecule has 142 valence electrons. The van der Waals surface area contributed by atoms with Crippen molar-refractivity contribution in [3.8, 4) is 11.5 Å². The van der Waals surface area contributed by atoms with Crippen molar-refractivity contribution in [3.05, 3.63) is 94.5 Å². The number of para-hydroxylation sites is 1. The van der Waals surface area contributed by atoms with Gasteiger partial charge in [0.25, 0.3) is 0 Å². The maximum absolute atomic E-state index is 10.4. The van der Waals surface area contributed by atoms with E-state index in [1.54, 1.807) is 13.2 Å². The molecule has 0 unspecified atom stereocenters. The standard InChI is InChI=1S/C23H21ClN2O2/c1-28-18-12-8-15(9-13-18)20-14-21(19-4-2-3-5-22(19)27)26-23(25-20)16-6-10-17(24)11-7-16/h2-13,21,23,26-27H,14H2,1H3/t21-,23-/m1/s1. The van der Waals surface area contributed by atoms with Crippen LogP contribution in [0.2, 0.25) is 5.02 Å². The van der Waals surface area contributed by atoms with Gasteiger partial charge in [-0.2, -0.15) is 0 Å². The second kappa shape index (κ2) is 8.05. The van der Waals surface area contributed by atoms with E-state index in [-0.39, 0.29) is 18.0 Å². The fraction of sp³-hybridized carbons (Fsp3) is 0.174. The van der Waals surface area contributed by atoms with E-state index in [4.69, 9.17) is 21.3 Å². The highest BCUT2D eigenvalue weighted by Gasteiger charge is 2.27. The van der Waals surface area contributed by atoms with Crippen molar-refractivity contribution in [2.75, 3.05) is 7.11 Å². The molecule has 0 bridgehead atoms. The Kier molecular flexibility index (Phi) is 5.33. The summed E-state index contributed by atoms with van der Waals surface area (Å²) in [6.45, 7) is 0. The molecule has 0 saturated heterocycles. The number of hydrogen-bond donors (Lipinski definition) is 2. The van der Waals surface area contributed by atoms with E-state index in [1.165, 1.54) is 0 Å². The fourth-order valence-corrected chi connectivity index (χ4v) is 3.59. The van der Waals surface area contributed by atoms with Gasteiger partial charge < -0.3 is 9.84 Å². The predicted molar refractivity (Wildman–Crippen MR) is 112 cm³/mol. The van der Waals surface area contributed by atoms with Gasteiger partial charge in [0.2, 0.25) is 0 Å². The number of benzene rings is 3. The van der Waals surface area contributed by atoms with Crippen LogP contribution in [0.15, 0.2) is 77.8 Å². The Morgan fingerprint density at radius 1 is 1.00 bits per heavy atom. The average Bonchev–Trinajstić information content (AvgIpc) is 2.74. The Morgan fingerprint density at radius 2 is 1.71 bits per heavy atom. The van der Waals surface area contributed by atoms with Crippen molar-refractivity contribution in [1.29, 1.82) is 0 Å². The molecule has 1 aliphatic rings. The molecule has 28 heavy (non-hydrogen) atoms. The third-order valence-electron chi connectivity index (χ3n) is 4.96. The zero-order valence-electron chi connectivity index (χ0n) is 15.5. The maximum Gasteiger partial charge on any atom is 0.126 e. The number of methoxy groups -OCH3 is 1. The van der Waals surface area contributed by atoms with Crippen molar-refractivity contribution in [2.45, 2.75) is 18.6 Å². The summed E-state index contributed by atoms with van der Waals surface area (Å²) < 4.78 is 5.27. The summed E-state index contributed by atoms with van der Waals surface area (Å²) in [5.74, 6) is 1.09. The summed E-state index contributed by atoms with van der Waals surface area (Å²) in [7, 11) is 1.65. The summed E-state index contributed by atoms with van der Waals surface area (Å²) >= 11 is 6.05. The van der Waals surface area contributed by atoms with Gasteiger partial charge in [-0.05, 0) is 53.6 Å². The van der Waals surface area contributed by atoms with E-state index in [1.807, 2.05) is 66.7 Å². The first-order valence-corrected chi connectivity index (χ1v) is 9.52. The number of hydrogen-bond acceptors (Lipinski definition) is 4. The highest BCUT2D eigenvalue weighted by Crippen LogP contribution is 2.34. The van der Waals surface area contributed by atoms with Crippen molar-refractivity contribution < 1.29 is 9.84 Å². The number of phenolic OH excluding ortho intramolecular Hbond substituents is 1. The summed E-state index contributed by atoms with van der Waals surface area (Å²) in [6.07, 6.45) is 0.446. The number of phenols is 1. The molecule has 2 atom stereocenters. The molecule has 0 aliphatic carbocycles. The van der Waals surface area contributed by atoms with E-state index in [2.05, 4.69) is 5.32 Å². The van der Waals surface area contributed by atoms with E-state index in [9.17, 15) is 5.11 Å². The van der Waals surface area contributed by atoms with Crippen LogP contribution in [0.25, 0.3) is 0 Å². The predicted octanol–water partition coefficient (Wildman–Crippen LogP) is 5.28.